The first kappa shape index (κ1) is 17.3. The van der Waals surface area contributed by atoms with Gasteiger partial charge in [0.05, 0.1) is 4.92 Å². The third-order valence-electron chi connectivity index (χ3n) is 4.48. The van der Waals surface area contributed by atoms with E-state index in [1.165, 1.54) is 12.3 Å². The maximum atomic E-state index is 14.0. The van der Waals surface area contributed by atoms with Gasteiger partial charge in [0.1, 0.15) is 11.6 Å². The average molecular weight is 354 g/mol. The molecule has 1 aromatic heterocycles. The Bertz CT molecular complexity index is 816. The molecule has 8 heteroatoms. The van der Waals surface area contributed by atoms with Gasteiger partial charge < -0.3 is 0 Å². The van der Waals surface area contributed by atoms with E-state index in [-0.39, 0.29) is 42.5 Å². The van der Waals surface area contributed by atoms with E-state index in [0.717, 1.165) is 18.2 Å². The van der Waals surface area contributed by atoms with Gasteiger partial charge in [-0.15, -0.1) is 0 Å². The summed E-state index contributed by atoms with van der Waals surface area (Å²) in [4.78, 5) is 14.7. The van der Waals surface area contributed by atoms with Gasteiger partial charge in [0.15, 0.2) is 5.69 Å². The third-order valence-corrected chi connectivity index (χ3v) is 4.48. The Morgan fingerprint density at radius 1 is 1.16 bits per heavy atom. The molecule has 3 rings (SSSR count). The molecule has 1 aliphatic carbocycles. The van der Waals surface area contributed by atoms with Crippen molar-refractivity contribution < 1.29 is 22.5 Å². The summed E-state index contributed by atoms with van der Waals surface area (Å²) in [5, 5.41) is 11.6. The molecule has 1 aromatic carbocycles. The minimum Gasteiger partial charge on any atom is -0.258 e. The second-order valence-electron chi connectivity index (χ2n) is 6.11. The second-order valence-corrected chi connectivity index (χ2v) is 6.11. The lowest BCUT2D eigenvalue weighted by atomic mass is 9.81. The second kappa shape index (κ2) is 6.42. The molecule has 0 radical (unpaired) electrons. The van der Waals surface area contributed by atoms with Gasteiger partial charge in [-0.3, -0.25) is 10.1 Å². The summed E-state index contributed by atoms with van der Waals surface area (Å²) >= 11 is 0. The van der Waals surface area contributed by atoms with Gasteiger partial charge in [-0.05, 0) is 43.0 Å². The molecule has 1 saturated carbocycles. The Morgan fingerprint density at radius 2 is 1.84 bits per heavy atom. The van der Waals surface area contributed by atoms with Crippen LogP contribution in [-0.2, 0) is 0 Å². The Hall–Kier alpha value is -2.51. The van der Waals surface area contributed by atoms with Crippen LogP contribution in [0.25, 0.3) is 11.3 Å². The molecule has 0 unspecified atom stereocenters. The molecule has 0 N–H and O–H groups in total. The minimum atomic E-state index is -2.77. The van der Waals surface area contributed by atoms with Crippen molar-refractivity contribution in [2.24, 2.45) is 0 Å². The smallest absolute Gasteiger partial charge is 0.258 e. The highest BCUT2D eigenvalue weighted by molar-refractivity contribution is 5.72. The number of hydrogen-bond donors (Lipinski definition) is 0. The fourth-order valence-corrected chi connectivity index (χ4v) is 3.22. The molecule has 0 spiro atoms. The molecule has 25 heavy (non-hydrogen) atoms. The maximum absolute atomic E-state index is 14.0. The molecule has 0 bridgehead atoms. The van der Waals surface area contributed by atoms with Crippen molar-refractivity contribution in [3.05, 3.63) is 57.8 Å². The minimum absolute atomic E-state index is 0.0862. The number of halogens is 4. The molecule has 0 aliphatic heterocycles. The lowest BCUT2D eigenvalue weighted by Crippen LogP contribution is -2.24. The maximum Gasteiger partial charge on any atom is 0.299 e. The molecule has 4 nitrogen and oxygen atoms in total. The number of nitrogens with zero attached hydrogens (tertiary/aromatic N) is 2. The quantitative estimate of drug-likeness (QED) is 0.431. The molecular weight excluding hydrogens is 340 g/mol. The summed E-state index contributed by atoms with van der Waals surface area (Å²) in [7, 11) is 0. The van der Waals surface area contributed by atoms with Crippen LogP contribution < -0.4 is 0 Å². The molecule has 132 valence electrons. The Labute approximate surface area is 140 Å². The molecule has 0 atom stereocenters. The van der Waals surface area contributed by atoms with Crippen LogP contribution >= 0.6 is 0 Å². The van der Waals surface area contributed by atoms with Gasteiger partial charge in [-0.2, -0.15) is 0 Å². The summed E-state index contributed by atoms with van der Waals surface area (Å²) in [6.07, 6.45) is 0.711. The van der Waals surface area contributed by atoms with E-state index < -0.39 is 34.1 Å². The topological polar surface area (TPSA) is 56.0 Å². The van der Waals surface area contributed by atoms with Crippen molar-refractivity contribution in [2.45, 2.75) is 37.5 Å². The van der Waals surface area contributed by atoms with Crippen molar-refractivity contribution in [1.82, 2.24) is 4.98 Å². The van der Waals surface area contributed by atoms with Gasteiger partial charge in [-0.1, -0.05) is 0 Å². The van der Waals surface area contributed by atoms with Crippen LogP contribution in [0.2, 0.25) is 0 Å². The summed E-state index contributed by atoms with van der Waals surface area (Å²) in [5.41, 5.74) is -0.845. The van der Waals surface area contributed by atoms with Gasteiger partial charge in [-0.25, -0.2) is 22.5 Å². The van der Waals surface area contributed by atoms with Crippen LogP contribution in [0.5, 0.6) is 0 Å². The van der Waals surface area contributed by atoms with E-state index >= 15 is 0 Å². The van der Waals surface area contributed by atoms with Crippen LogP contribution in [0.1, 0.15) is 37.2 Å². The summed E-state index contributed by atoms with van der Waals surface area (Å²) in [6, 6.07) is 4.00. The van der Waals surface area contributed by atoms with Gasteiger partial charge in [0.25, 0.3) is 5.69 Å². The molecule has 0 saturated heterocycles. The Balaban J connectivity index is 2.10. The van der Waals surface area contributed by atoms with Crippen LogP contribution in [-0.4, -0.2) is 15.8 Å². The number of nitro groups is 1. The van der Waals surface area contributed by atoms with Crippen LogP contribution in [0.3, 0.4) is 0 Å². The summed E-state index contributed by atoms with van der Waals surface area (Å²) in [5.74, 6) is -4.81. The monoisotopic (exact) mass is 354 g/mol. The summed E-state index contributed by atoms with van der Waals surface area (Å²) < 4.78 is 54.2. The predicted octanol–water partition coefficient (Wildman–Crippen LogP) is 5.23. The third kappa shape index (κ3) is 3.47. The number of pyridine rings is 1. The van der Waals surface area contributed by atoms with E-state index in [1.807, 2.05) is 0 Å². The number of alkyl halides is 2. The highest BCUT2D eigenvalue weighted by Crippen LogP contribution is 2.45. The SMILES string of the molecule is O=[N+]([O-])c1c(C2CCC(F)(F)CC2)ccnc1-c1cc(F)ccc1F. The van der Waals surface area contributed by atoms with E-state index in [0.29, 0.717) is 0 Å². The highest BCUT2D eigenvalue weighted by Gasteiger charge is 2.38. The standard InChI is InChI=1S/C17H14F4N2O2/c18-11-1-2-14(19)13(9-11)15-16(23(24)25)12(5-8-22-15)10-3-6-17(20,21)7-4-10/h1-2,5,8-10H,3-4,6-7H2. The normalized spacial score (nSPS) is 17.4. The number of aromatic nitrogens is 1. The van der Waals surface area contributed by atoms with Crippen LogP contribution in [0, 0.1) is 21.7 Å². The fourth-order valence-electron chi connectivity index (χ4n) is 3.22. The molecule has 2 aromatic rings. The zero-order chi connectivity index (χ0) is 18.2. The number of rotatable bonds is 3. The van der Waals surface area contributed by atoms with Crippen molar-refractivity contribution in [3.8, 4) is 11.3 Å². The van der Waals surface area contributed by atoms with Crippen molar-refractivity contribution in [3.63, 3.8) is 0 Å². The van der Waals surface area contributed by atoms with Gasteiger partial charge in [0, 0.05) is 30.2 Å². The lowest BCUT2D eigenvalue weighted by Gasteiger charge is -2.28. The zero-order valence-electron chi connectivity index (χ0n) is 13.0. The van der Waals surface area contributed by atoms with E-state index in [1.54, 1.807) is 0 Å². The first-order valence-corrected chi connectivity index (χ1v) is 7.75. The van der Waals surface area contributed by atoms with E-state index in [4.69, 9.17) is 0 Å². The Morgan fingerprint density at radius 3 is 2.48 bits per heavy atom. The molecule has 1 fully saturated rings. The van der Waals surface area contributed by atoms with Gasteiger partial charge in [0.2, 0.25) is 5.92 Å². The number of benzene rings is 1. The summed E-state index contributed by atoms with van der Waals surface area (Å²) in [6.45, 7) is 0. The fraction of sp³-hybridized carbons (Fsp3) is 0.353. The molecule has 1 aliphatic rings. The lowest BCUT2D eigenvalue weighted by molar-refractivity contribution is -0.385. The number of hydrogen-bond acceptors (Lipinski definition) is 3. The van der Waals surface area contributed by atoms with Crippen molar-refractivity contribution in [2.75, 3.05) is 0 Å². The van der Waals surface area contributed by atoms with Gasteiger partial charge >= 0.3 is 0 Å². The molecule has 1 heterocycles. The molecule has 0 amide bonds. The van der Waals surface area contributed by atoms with E-state index in [2.05, 4.69) is 4.98 Å². The van der Waals surface area contributed by atoms with Crippen molar-refractivity contribution in [1.29, 1.82) is 0 Å². The zero-order valence-corrected chi connectivity index (χ0v) is 13.0. The highest BCUT2D eigenvalue weighted by atomic mass is 19.3. The first-order chi connectivity index (χ1) is 11.8. The average Bonchev–Trinajstić information content (AvgIpc) is 2.56. The Kier molecular flexibility index (Phi) is 4.45. The van der Waals surface area contributed by atoms with E-state index in [9.17, 15) is 27.7 Å². The molecular formula is C17H14F4N2O2. The predicted molar refractivity (Wildman–Crippen MR) is 82.4 cm³/mol. The van der Waals surface area contributed by atoms with Crippen LogP contribution in [0.4, 0.5) is 23.2 Å². The largest absolute Gasteiger partial charge is 0.299 e. The van der Waals surface area contributed by atoms with Crippen molar-refractivity contribution >= 4 is 5.69 Å². The van der Waals surface area contributed by atoms with Crippen LogP contribution in [0.15, 0.2) is 30.5 Å². The first-order valence-electron chi connectivity index (χ1n) is 7.75.